The number of aliphatic hydroxyl groups is 3. The molecule has 0 spiro atoms. The van der Waals surface area contributed by atoms with Gasteiger partial charge >= 0.3 is 11.9 Å². The molecule has 0 heterocycles. The summed E-state index contributed by atoms with van der Waals surface area (Å²) >= 11 is 0. The fourth-order valence-electron chi connectivity index (χ4n) is 7.29. The van der Waals surface area contributed by atoms with Crippen LogP contribution in [0.15, 0.2) is 12.2 Å². The molecule has 0 aliphatic heterocycles. The largest absolute Gasteiger partial charge is 0.463 e. The number of ketones is 1. The summed E-state index contributed by atoms with van der Waals surface area (Å²) in [6, 6.07) is 0. The summed E-state index contributed by atoms with van der Waals surface area (Å²) in [5, 5.41) is 30.7. The van der Waals surface area contributed by atoms with Crippen LogP contribution in [0.3, 0.4) is 0 Å². The number of unbranched alkanes of at least 4 members (excludes halogenated alkanes) is 22. The molecule has 0 aromatic carbocycles. The summed E-state index contributed by atoms with van der Waals surface area (Å²) in [5.74, 6) is -1.14. The number of aliphatic hydroxyl groups excluding tert-OH is 3. The van der Waals surface area contributed by atoms with Crippen LogP contribution < -0.4 is 0 Å². The van der Waals surface area contributed by atoms with Gasteiger partial charge in [-0.25, -0.2) is 0 Å². The van der Waals surface area contributed by atoms with Crippen molar-refractivity contribution in [3.05, 3.63) is 12.2 Å². The van der Waals surface area contributed by atoms with E-state index < -0.39 is 18.3 Å². The van der Waals surface area contributed by atoms with Gasteiger partial charge in [0.1, 0.15) is 25.1 Å². The fraction of sp³-hybridized carbons (Fsp3) is 0.886. The molecule has 0 aromatic rings. The summed E-state index contributed by atoms with van der Waals surface area (Å²) < 4.78 is 10.3. The molecular weight excluding hydrogens is 656 g/mol. The lowest BCUT2D eigenvalue weighted by Crippen LogP contribution is -2.25. The van der Waals surface area contributed by atoms with E-state index in [0.29, 0.717) is 19.3 Å². The van der Waals surface area contributed by atoms with E-state index in [2.05, 4.69) is 13.8 Å². The Morgan fingerprint density at radius 1 is 0.635 bits per heavy atom. The van der Waals surface area contributed by atoms with Crippen molar-refractivity contribution >= 4 is 17.7 Å². The van der Waals surface area contributed by atoms with Crippen LogP contribution in [0.25, 0.3) is 0 Å². The monoisotopic (exact) mass is 737 g/mol. The summed E-state index contributed by atoms with van der Waals surface area (Å²) in [7, 11) is 0. The van der Waals surface area contributed by atoms with E-state index >= 15 is 0 Å². The lowest BCUT2D eigenvalue weighted by Gasteiger charge is -2.19. The van der Waals surface area contributed by atoms with Crippen LogP contribution in [0.2, 0.25) is 0 Å². The lowest BCUT2D eigenvalue weighted by atomic mass is 9.88. The molecule has 5 atom stereocenters. The molecule has 0 unspecified atom stereocenters. The molecule has 1 aliphatic rings. The van der Waals surface area contributed by atoms with E-state index in [1.54, 1.807) is 12.2 Å². The third-order valence-corrected chi connectivity index (χ3v) is 10.7. The van der Waals surface area contributed by atoms with Crippen LogP contribution in [-0.4, -0.2) is 64.6 Å². The third-order valence-electron chi connectivity index (χ3n) is 10.7. The van der Waals surface area contributed by atoms with Crippen molar-refractivity contribution in [2.75, 3.05) is 13.2 Å². The van der Waals surface area contributed by atoms with Crippen LogP contribution in [0, 0.1) is 11.8 Å². The molecule has 1 rings (SSSR count). The molecule has 0 amide bonds. The highest BCUT2D eigenvalue weighted by Gasteiger charge is 2.39. The number of hydrogen-bond donors (Lipinski definition) is 3. The Labute approximate surface area is 318 Å². The molecule has 8 heteroatoms. The summed E-state index contributed by atoms with van der Waals surface area (Å²) in [6.45, 7) is 4.03. The Morgan fingerprint density at radius 2 is 1.04 bits per heavy atom. The Hall–Kier alpha value is -1.77. The number of allylic oxidation sites excluding steroid dienone is 1. The van der Waals surface area contributed by atoms with Crippen molar-refractivity contribution < 1.29 is 39.2 Å². The number of hydrogen-bond acceptors (Lipinski definition) is 8. The van der Waals surface area contributed by atoms with E-state index in [1.807, 2.05) is 0 Å². The number of esters is 2. The van der Waals surface area contributed by atoms with Crippen molar-refractivity contribution in [3.8, 4) is 0 Å². The smallest absolute Gasteiger partial charge is 0.305 e. The highest BCUT2D eigenvalue weighted by atomic mass is 16.6. The first kappa shape index (κ1) is 48.2. The number of carbonyl (C=O) groups is 3. The van der Waals surface area contributed by atoms with Gasteiger partial charge in [0.2, 0.25) is 0 Å². The quantitative estimate of drug-likeness (QED) is 0.0329. The number of Topliss-reactive ketones (excluding diaryl/α,β-unsaturated/α-hetero) is 1. The van der Waals surface area contributed by atoms with Crippen molar-refractivity contribution in [1.82, 2.24) is 0 Å². The average molecular weight is 737 g/mol. The zero-order chi connectivity index (χ0) is 38.1. The molecule has 304 valence electrons. The third kappa shape index (κ3) is 26.9. The minimum atomic E-state index is -1.03. The lowest BCUT2D eigenvalue weighted by molar-refractivity contribution is -0.152. The molecule has 0 radical (unpaired) electrons. The summed E-state index contributed by atoms with van der Waals surface area (Å²) in [5.41, 5.74) is 0. The van der Waals surface area contributed by atoms with Gasteiger partial charge in [0.25, 0.3) is 0 Å². The second kappa shape index (κ2) is 33.8. The van der Waals surface area contributed by atoms with Gasteiger partial charge in [0, 0.05) is 25.2 Å². The fourth-order valence-corrected chi connectivity index (χ4v) is 7.29. The van der Waals surface area contributed by atoms with Crippen LogP contribution >= 0.6 is 0 Å². The average Bonchev–Trinajstić information content (AvgIpc) is 3.40. The van der Waals surface area contributed by atoms with Gasteiger partial charge < -0.3 is 24.8 Å². The van der Waals surface area contributed by atoms with Crippen LogP contribution in [0.1, 0.15) is 206 Å². The molecule has 3 N–H and O–H groups in total. The van der Waals surface area contributed by atoms with Gasteiger partial charge in [-0.15, -0.1) is 0 Å². The van der Waals surface area contributed by atoms with E-state index in [-0.39, 0.29) is 55.6 Å². The second-order valence-electron chi connectivity index (χ2n) is 15.6. The maximum atomic E-state index is 12.4. The predicted octanol–water partition coefficient (Wildman–Crippen LogP) is 10.3. The number of carbonyl (C=O) groups excluding carboxylic acids is 3. The van der Waals surface area contributed by atoms with Gasteiger partial charge in [-0.1, -0.05) is 174 Å². The van der Waals surface area contributed by atoms with Gasteiger partial charge in [-0.3, -0.25) is 14.4 Å². The Morgan fingerprint density at radius 3 is 1.50 bits per heavy atom. The van der Waals surface area contributed by atoms with Gasteiger partial charge in [0.05, 0.1) is 12.2 Å². The topological polar surface area (TPSA) is 130 Å². The molecule has 1 fully saturated rings. The van der Waals surface area contributed by atoms with Gasteiger partial charge in [-0.2, -0.15) is 0 Å². The van der Waals surface area contributed by atoms with Crippen molar-refractivity contribution in [2.24, 2.45) is 11.8 Å². The van der Waals surface area contributed by atoms with Crippen LogP contribution in [0.4, 0.5) is 0 Å². The van der Waals surface area contributed by atoms with E-state index in [0.717, 1.165) is 64.2 Å². The van der Waals surface area contributed by atoms with E-state index in [9.17, 15) is 29.7 Å². The zero-order valence-electron chi connectivity index (χ0n) is 33.6. The van der Waals surface area contributed by atoms with E-state index in [1.165, 1.54) is 96.3 Å². The second-order valence-corrected chi connectivity index (χ2v) is 15.6. The first-order valence-corrected chi connectivity index (χ1v) is 21.8. The normalized spacial score (nSPS) is 18.6. The molecule has 0 saturated heterocycles. The minimum Gasteiger partial charge on any atom is -0.463 e. The first-order chi connectivity index (χ1) is 25.3. The Balaban J connectivity index is 1.96. The highest BCUT2D eigenvalue weighted by molar-refractivity contribution is 5.86. The highest BCUT2D eigenvalue weighted by Crippen LogP contribution is 2.34. The number of ether oxygens (including phenoxy) is 2. The first-order valence-electron chi connectivity index (χ1n) is 21.8. The van der Waals surface area contributed by atoms with E-state index in [4.69, 9.17) is 9.47 Å². The van der Waals surface area contributed by atoms with Crippen molar-refractivity contribution in [3.63, 3.8) is 0 Å². The molecule has 0 bridgehead atoms. The molecule has 52 heavy (non-hydrogen) atoms. The minimum absolute atomic E-state index is 0.0370. The summed E-state index contributed by atoms with van der Waals surface area (Å²) in [6.07, 6.45) is 33.2. The summed E-state index contributed by atoms with van der Waals surface area (Å²) in [4.78, 5) is 36.6. The molecule has 1 saturated carbocycles. The van der Waals surface area contributed by atoms with Crippen LogP contribution in [-0.2, 0) is 23.9 Å². The van der Waals surface area contributed by atoms with Crippen LogP contribution in [0.5, 0.6) is 0 Å². The number of rotatable bonds is 36. The van der Waals surface area contributed by atoms with Gasteiger partial charge in [0.15, 0.2) is 0 Å². The molecular formula is C44H80O8. The maximum Gasteiger partial charge on any atom is 0.305 e. The molecule has 0 aromatic heterocycles. The Bertz CT molecular complexity index is 905. The SMILES string of the molecule is CCCCCCCCCCCCCCCCCCCCC(=O)OC[C@@H](O)COC(=O)CCCCCC[C@H]1[C@@H](O)CC(=O)[C@@H]1/C=C/[C@@H](O)CCCCC. The Kier molecular flexibility index (Phi) is 31.3. The standard InChI is InChI=1S/C44H80O8/c1-3-5-7-8-9-10-11-12-13-14-15-16-17-18-19-20-21-26-30-43(49)51-35-38(46)36-52-44(50)31-27-23-22-25-29-39-40(42(48)34-41(39)47)33-32-37(45)28-24-6-4-2/h32-33,37-41,45-47H,3-31,34-36H2,1-2H3/b33-32+/t37-,38+,39+,40+,41-/m0/s1. The van der Waals surface area contributed by atoms with Crippen molar-refractivity contribution in [1.29, 1.82) is 0 Å². The zero-order valence-corrected chi connectivity index (χ0v) is 33.6. The molecule has 8 nitrogen and oxygen atoms in total. The van der Waals surface area contributed by atoms with Crippen molar-refractivity contribution in [2.45, 2.75) is 225 Å². The predicted molar refractivity (Wildman–Crippen MR) is 211 cm³/mol. The maximum absolute atomic E-state index is 12.4. The van der Waals surface area contributed by atoms with Gasteiger partial charge in [-0.05, 0) is 31.6 Å². The molecule has 1 aliphatic carbocycles.